The first kappa shape index (κ1) is 12.1. The molecule has 0 bridgehead atoms. The molecule has 1 aromatic rings. The maximum Gasteiger partial charge on any atom is 0.252 e. The van der Waals surface area contributed by atoms with Crippen LogP contribution in [0.2, 0.25) is 0 Å². The van der Waals surface area contributed by atoms with Crippen LogP contribution in [0.1, 0.15) is 17.3 Å². The van der Waals surface area contributed by atoms with E-state index in [1.807, 2.05) is 17.7 Å². The van der Waals surface area contributed by atoms with Crippen molar-refractivity contribution in [3.05, 3.63) is 20.8 Å². The van der Waals surface area contributed by atoms with Gasteiger partial charge in [-0.1, -0.05) is 6.92 Å². The number of thioether (sulfide) groups is 1. The van der Waals surface area contributed by atoms with Crippen LogP contribution in [0, 0.1) is 0 Å². The minimum absolute atomic E-state index is 0.00727. The predicted octanol–water partition coefficient (Wildman–Crippen LogP) is 2.99. The summed E-state index contributed by atoms with van der Waals surface area (Å²) in [4.78, 5) is 11.5. The van der Waals surface area contributed by atoms with Gasteiger partial charge >= 0.3 is 0 Å². The van der Waals surface area contributed by atoms with Crippen LogP contribution in [0.3, 0.4) is 0 Å². The molecule has 1 N–H and O–H groups in total. The highest BCUT2D eigenvalue weighted by Crippen LogP contribution is 2.20. The van der Waals surface area contributed by atoms with Gasteiger partial charge in [0.25, 0.3) is 5.91 Å². The molecule has 1 amide bonds. The van der Waals surface area contributed by atoms with Crippen molar-refractivity contribution in [2.24, 2.45) is 0 Å². The minimum atomic E-state index is 0.00727. The minimum Gasteiger partial charge on any atom is -0.351 e. The zero-order valence-corrected chi connectivity index (χ0v) is 11.3. The summed E-state index contributed by atoms with van der Waals surface area (Å²) >= 11 is 6.60. The highest BCUT2D eigenvalue weighted by Gasteiger charge is 2.08. The van der Waals surface area contributed by atoms with Crippen LogP contribution < -0.4 is 5.32 Å². The molecule has 1 atom stereocenters. The Labute approximate surface area is 101 Å². The third-order valence-electron chi connectivity index (χ3n) is 1.78. The molecule has 0 aliphatic carbocycles. The van der Waals surface area contributed by atoms with Crippen molar-refractivity contribution in [1.82, 2.24) is 5.32 Å². The van der Waals surface area contributed by atoms with E-state index in [2.05, 4.69) is 28.2 Å². The number of nitrogens with one attached hydrogen (secondary N) is 1. The van der Waals surface area contributed by atoms with Gasteiger partial charge in [-0.3, -0.25) is 4.79 Å². The first-order chi connectivity index (χ1) is 6.63. The van der Waals surface area contributed by atoms with Crippen molar-refractivity contribution >= 4 is 44.9 Å². The fourth-order valence-electron chi connectivity index (χ4n) is 0.851. The molecule has 0 aliphatic heterocycles. The van der Waals surface area contributed by atoms with Crippen LogP contribution in [-0.4, -0.2) is 24.0 Å². The topological polar surface area (TPSA) is 29.1 Å². The highest BCUT2D eigenvalue weighted by molar-refractivity contribution is 9.11. The summed E-state index contributed by atoms with van der Waals surface area (Å²) in [5.41, 5.74) is 0.732. The van der Waals surface area contributed by atoms with Gasteiger partial charge < -0.3 is 5.32 Å². The van der Waals surface area contributed by atoms with E-state index in [1.54, 1.807) is 11.8 Å². The van der Waals surface area contributed by atoms with Crippen molar-refractivity contribution < 1.29 is 4.79 Å². The Morgan fingerprint density at radius 3 is 3.00 bits per heavy atom. The number of hydrogen-bond donors (Lipinski definition) is 1. The van der Waals surface area contributed by atoms with E-state index in [9.17, 15) is 4.79 Å². The van der Waals surface area contributed by atoms with Crippen LogP contribution in [0.25, 0.3) is 0 Å². The standard InChI is InChI=1S/C9H12BrNOS2/c1-6(13-2)4-11-9(12)7-3-8(10)14-5-7/h3,5-6H,4H2,1-2H3,(H,11,12). The number of hydrogen-bond acceptors (Lipinski definition) is 3. The molecule has 1 rings (SSSR count). The summed E-state index contributed by atoms with van der Waals surface area (Å²) in [5, 5.41) is 5.20. The number of carbonyl (C=O) groups excluding carboxylic acids is 1. The number of carbonyl (C=O) groups is 1. The van der Waals surface area contributed by atoms with E-state index in [0.29, 0.717) is 11.8 Å². The summed E-state index contributed by atoms with van der Waals surface area (Å²) in [7, 11) is 0. The highest BCUT2D eigenvalue weighted by atomic mass is 79.9. The molecule has 1 unspecified atom stereocenters. The van der Waals surface area contributed by atoms with E-state index in [0.717, 1.165) is 9.35 Å². The van der Waals surface area contributed by atoms with Gasteiger partial charge in [0.05, 0.1) is 9.35 Å². The lowest BCUT2D eigenvalue weighted by molar-refractivity contribution is 0.0954. The summed E-state index contributed by atoms with van der Waals surface area (Å²) in [5.74, 6) is 0.00727. The zero-order valence-electron chi connectivity index (χ0n) is 8.04. The molecular weight excluding hydrogens is 282 g/mol. The molecule has 0 radical (unpaired) electrons. The van der Waals surface area contributed by atoms with Gasteiger partial charge in [0.15, 0.2) is 0 Å². The van der Waals surface area contributed by atoms with Crippen LogP contribution in [0.4, 0.5) is 0 Å². The van der Waals surface area contributed by atoms with Crippen molar-refractivity contribution in [2.75, 3.05) is 12.8 Å². The Kier molecular flexibility index (Phi) is 4.98. The lowest BCUT2D eigenvalue weighted by atomic mass is 10.3. The van der Waals surface area contributed by atoms with Gasteiger partial charge in [0, 0.05) is 17.2 Å². The van der Waals surface area contributed by atoms with E-state index in [-0.39, 0.29) is 5.91 Å². The summed E-state index contributed by atoms with van der Waals surface area (Å²) in [6.07, 6.45) is 2.04. The van der Waals surface area contributed by atoms with Crippen LogP contribution in [0.15, 0.2) is 15.2 Å². The molecule has 0 aliphatic rings. The molecule has 5 heteroatoms. The predicted molar refractivity (Wildman–Crippen MR) is 67.3 cm³/mol. The molecule has 2 nitrogen and oxygen atoms in total. The smallest absolute Gasteiger partial charge is 0.252 e. The monoisotopic (exact) mass is 293 g/mol. The Morgan fingerprint density at radius 2 is 2.50 bits per heavy atom. The Balaban J connectivity index is 2.43. The fraction of sp³-hybridized carbons (Fsp3) is 0.444. The van der Waals surface area contributed by atoms with E-state index >= 15 is 0 Å². The molecule has 0 spiro atoms. The molecule has 1 heterocycles. The number of rotatable bonds is 4. The maximum absolute atomic E-state index is 11.5. The second kappa shape index (κ2) is 5.78. The van der Waals surface area contributed by atoms with Crippen LogP contribution in [0.5, 0.6) is 0 Å². The third kappa shape index (κ3) is 3.63. The Morgan fingerprint density at radius 1 is 1.79 bits per heavy atom. The van der Waals surface area contributed by atoms with E-state index < -0.39 is 0 Å². The molecular formula is C9H12BrNOS2. The number of thiophene rings is 1. The van der Waals surface area contributed by atoms with Crippen molar-refractivity contribution in [1.29, 1.82) is 0 Å². The molecule has 78 valence electrons. The van der Waals surface area contributed by atoms with Gasteiger partial charge in [-0.05, 0) is 28.3 Å². The molecule has 0 aromatic carbocycles. The van der Waals surface area contributed by atoms with Crippen LogP contribution >= 0.6 is 39.0 Å². The first-order valence-corrected chi connectivity index (χ1v) is 7.14. The average molecular weight is 294 g/mol. The van der Waals surface area contributed by atoms with Crippen LogP contribution in [-0.2, 0) is 0 Å². The van der Waals surface area contributed by atoms with Crippen molar-refractivity contribution in [3.63, 3.8) is 0 Å². The number of amides is 1. The van der Waals surface area contributed by atoms with E-state index in [1.165, 1.54) is 11.3 Å². The quantitative estimate of drug-likeness (QED) is 0.925. The number of halogens is 1. The molecule has 0 fully saturated rings. The second-order valence-electron chi connectivity index (χ2n) is 2.90. The van der Waals surface area contributed by atoms with E-state index in [4.69, 9.17) is 0 Å². The van der Waals surface area contributed by atoms with Crippen molar-refractivity contribution in [2.45, 2.75) is 12.2 Å². The fourth-order valence-corrected chi connectivity index (χ4v) is 2.24. The average Bonchev–Trinajstić information content (AvgIpc) is 2.60. The Hall–Kier alpha value is -0.000000000000000111. The Bertz CT molecular complexity index is 314. The molecule has 0 saturated carbocycles. The first-order valence-electron chi connectivity index (χ1n) is 4.18. The third-order valence-corrected chi connectivity index (χ3v) is 4.26. The second-order valence-corrected chi connectivity index (χ2v) is 6.46. The summed E-state index contributed by atoms with van der Waals surface area (Å²) in [6, 6.07) is 1.84. The van der Waals surface area contributed by atoms with Gasteiger partial charge in [0.1, 0.15) is 0 Å². The largest absolute Gasteiger partial charge is 0.351 e. The van der Waals surface area contributed by atoms with Crippen molar-refractivity contribution in [3.8, 4) is 0 Å². The maximum atomic E-state index is 11.5. The summed E-state index contributed by atoms with van der Waals surface area (Å²) < 4.78 is 0.987. The van der Waals surface area contributed by atoms with Gasteiger partial charge in [-0.15, -0.1) is 11.3 Å². The lowest BCUT2D eigenvalue weighted by Crippen LogP contribution is -2.28. The molecule has 14 heavy (non-hydrogen) atoms. The van der Waals surface area contributed by atoms with Gasteiger partial charge in [-0.25, -0.2) is 0 Å². The molecule has 0 saturated heterocycles. The SMILES string of the molecule is CSC(C)CNC(=O)c1csc(Br)c1. The lowest BCUT2D eigenvalue weighted by Gasteiger charge is -2.08. The zero-order chi connectivity index (χ0) is 10.6. The van der Waals surface area contributed by atoms with Gasteiger partial charge in [0.2, 0.25) is 0 Å². The molecule has 1 aromatic heterocycles. The van der Waals surface area contributed by atoms with Gasteiger partial charge in [-0.2, -0.15) is 11.8 Å². The summed E-state index contributed by atoms with van der Waals surface area (Å²) in [6.45, 7) is 2.81. The normalized spacial score (nSPS) is 12.5.